The third kappa shape index (κ3) is 6.85. The normalized spacial score (nSPS) is 13.5. The second-order valence-corrected chi connectivity index (χ2v) is 10.4. The maximum atomic E-state index is 13.3. The lowest BCUT2D eigenvalue weighted by Crippen LogP contribution is -2.43. The van der Waals surface area contributed by atoms with Crippen LogP contribution in [-0.2, 0) is 22.6 Å². The molecule has 0 saturated carbocycles. The van der Waals surface area contributed by atoms with Crippen molar-refractivity contribution in [1.29, 1.82) is 0 Å². The molecule has 196 valence electrons. The molecular formula is C21H20ClF5N4O4S. The molecule has 0 radical (unpaired) electrons. The van der Waals surface area contributed by atoms with Crippen molar-refractivity contribution in [3.8, 4) is 0 Å². The van der Waals surface area contributed by atoms with E-state index in [0.29, 0.717) is 15.2 Å². The van der Waals surface area contributed by atoms with Crippen molar-refractivity contribution in [2.24, 2.45) is 0 Å². The topological polar surface area (TPSA) is 95.2 Å². The number of rotatable bonds is 9. The van der Waals surface area contributed by atoms with E-state index in [9.17, 15) is 33.8 Å². The summed E-state index contributed by atoms with van der Waals surface area (Å²) >= 11 is 5.87. The number of hydrogen-bond donors (Lipinski definition) is 1. The number of nitrogens with zero attached hydrogens (tertiary/aromatic N) is 3. The van der Waals surface area contributed by atoms with E-state index in [2.05, 4.69) is 10.3 Å². The van der Waals surface area contributed by atoms with E-state index in [-0.39, 0.29) is 38.2 Å². The van der Waals surface area contributed by atoms with Gasteiger partial charge in [0, 0.05) is 17.3 Å². The number of aromatic nitrogens is 3. The molecule has 0 aliphatic carbocycles. The predicted molar refractivity (Wildman–Crippen MR) is 126 cm³/mol. The summed E-state index contributed by atoms with van der Waals surface area (Å²) in [7, 11) is -9.99. The Morgan fingerprint density at radius 2 is 1.72 bits per heavy atom. The first-order valence-electron chi connectivity index (χ1n) is 10.3. The van der Waals surface area contributed by atoms with E-state index in [0.717, 1.165) is 16.7 Å². The van der Waals surface area contributed by atoms with Crippen LogP contribution in [0.2, 0.25) is 5.02 Å². The Bertz CT molecular complexity index is 1410. The molecule has 36 heavy (non-hydrogen) atoms. The van der Waals surface area contributed by atoms with Gasteiger partial charge in [0.25, 0.3) is 0 Å². The molecule has 3 aromatic rings. The van der Waals surface area contributed by atoms with Gasteiger partial charge in [0.2, 0.25) is 5.95 Å². The SMILES string of the molecule is CCOC(=O)CCn1c(=O)nc(Nc2cccc(S(F)(F)(F)(F)F)c2)n(Cc2ccc(Cl)cc2)c1=O. The van der Waals surface area contributed by atoms with Crippen LogP contribution in [0.4, 0.5) is 31.1 Å². The summed E-state index contributed by atoms with van der Waals surface area (Å²) in [5, 5.41) is 2.75. The zero-order valence-corrected chi connectivity index (χ0v) is 20.2. The van der Waals surface area contributed by atoms with Crippen LogP contribution in [0.15, 0.2) is 63.0 Å². The number of ether oxygens (including phenoxy) is 1. The smallest absolute Gasteiger partial charge is 0.354 e. The Morgan fingerprint density at radius 1 is 1.06 bits per heavy atom. The summed E-state index contributed by atoms with van der Waals surface area (Å²) in [5.41, 5.74) is -2.03. The molecule has 15 heteroatoms. The van der Waals surface area contributed by atoms with Crippen LogP contribution < -0.4 is 16.7 Å². The first kappa shape index (κ1) is 27.2. The van der Waals surface area contributed by atoms with Gasteiger partial charge in [-0.1, -0.05) is 49.2 Å². The molecule has 0 saturated heterocycles. The van der Waals surface area contributed by atoms with Crippen LogP contribution >= 0.6 is 21.8 Å². The van der Waals surface area contributed by atoms with Gasteiger partial charge in [-0.25, -0.2) is 14.2 Å². The average molecular weight is 555 g/mol. The van der Waals surface area contributed by atoms with Crippen molar-refractivity contribution in [3.63, 3.8) is 0 Å². The van der Waals surface area contributed by atoms with Crippen LogP contribution in [-0.4, -0.2) is 26.7 Å². The summed E-state index contributed by atoms with van der Waals surface area (Å²) in [6.07, 6.45) is -0.315. The molecule has 0 spiro atoms. The van der Waals surface area contributed by atoms with Gasteiger partial charge in [-0.05, 0) is 42.8 Å². The molecule has 8 nitrogen and oxygen atoms in total. The third-order valence-corrected chi connectivity index (χ3v) is 6.18. The number of nitrogens with one attached hydrogen (secondary N) is 1. The quantitative estimate of drug-likeness (QED) is 0.279. The Morgan fingerprint density at radius 3 is 2.33 bits per heavy atom. The summed E-state index contributed by atoms with van der Waals surface area (Å²) < 4.78 is 72.6. The first-order valence-corrected chi connectivity index (χ1v) is 12.6. The number of carbonyl (C=O) groups is 1. The average Bonchev–Trinajstić information content (AvgIpc) is 2.76. The minimum atomic E-state index is -9.99. The number of carbonyl (C=O) groups excluding carboxylic acids is 1. The van der Waals surface area contributed by atoms with Crippen molar-refractivity contribution in [2.45, 2.75) is 31.3 Å². The van der Waals surface area contributed by atoms with Crippen LogP contribution in [0.1, 0.15) is 18.9 Å². The summed E-state index contributed by atoms with van der Waals surface area (Å²) in [6.45, 7) is 1.08. The maximum absolute atomic E-state index is 13.3. The van der Waals surface area contributed by atoms with Gasteiger partial charge in [0.1, 0.15) is 4.90 Å². The van der Waals surface area contributed by atoms with E-state index in [4.69, 9.17) is 16.3 Å². The molecule has 0 atom stereocenters. The lowest BCUT2D eigenvalue weighted by Gasteiger charge is -2.40. The second-order valence-electron chi connectivity index (χ2n) is 7.54. The highest BCUT2D eigenvalue weighted by atomic mass is 35.5. The number of esters is 1. The van der Waals surface area contributed by atoms with Crippen LogP contribution in [0.5, 0.6) is 0 Å². The van der Waals surface area contributed by atoms with Crippen molar-refractivity contribution in [2.75, 3.05) is 11.9 Å². The van der Waals surface area contributed by atoms with Crippen LogP contribution in [0.3, 0.4) is 0 Å². The van der Waals surface area contributed by atoms with Gasteiger partial charge in [0.15, 0.2) is 0 Å². The molecule has 0 unspecified atom stereocenters. The molecule has 0 aliphatic rings. The van der Waals surface area contributed by atoms with E-state index < -0.39 is 44.1 Å². The number of hydrogen-bond acceptors (Lipinski definition) is 6. The fourth-order valence-electron chi connectivity index (χ4n) is 3.11. The highest BCUT2D eigenvalue weighted by molar-refractivity contribution is 8.45. The van der Waals surface area contributed by atoms with Gasteiger partial charge in [0.05, 0.1) is 19.6 Å². The van der Waals surface area contributed by atoms with E-state index in [1.165, 1.54) is 12.1 Å². The first-order chi connectivity index (χ1) is 16.6. The molecule has 1 aromatic heterocycles. The number of halogens is 6. The fraction of sp³-hybridized carbons (Fsp3) is 0.238. The Hall–Kier alpha value is -3.39. The Kier molecular flexibility index (Phi) is 6.98. The van der Waals surface area contributed by atoms with Gasteiger partial charge in [-0.15, -0.1) is 0 Å². The van der Waals surface area contributed by atoms with E-state index in [1.54, 1.807) is 19.1 Å². The molecule has 0 aliphatic heterocycles. The largest absolute Gasteiger partial charge is 0.466 e. The second kappa shape index (κ2) is 9.24. The molecular weight excluding hydrogens is 535 g/mol. The lowest BCUT2D eigenvalue weighted by atomic mass is 10.2. The molecule has 1 heterocycles. The number of anilines is 2. The van der Waals surface area contributed by atoms with Crippen molar-refractivity contribution < 1.29 is 29.0 Å². The third-order valence-electron chi connectivity index (χ3n) is 4.78. The summed E-state index contributed by atoms with van der Waals surface area (Å²) in [4.78, 5) is 38.9. The van der Waals surface area contributed by atoms with Crippen molar-refractivity contribution in [3.05, 3.63) is 80.1 Å². The monoisotopic (exact) mass is 554 g/mol. The minimum absolute atomic E-state index is 0.0909. The predicted octanol–water partition coefficient (Wildman–Crippen LogP) is 5.46. The molecule has 0 fully saturated rings. The Labute approximate surface area is 206 Å². The molecule has 0 bridgehead atoms. The summed E-state index contributed by atoms with van der Waals surface area (Å²) in [5.74, 6) is -1.16. The van der Waals surface area contributed by atoms with Gasteiger partial charge < -0.3 is 10.1 Å². The van der Waals surface area contributed by atoms with Crippen LogP contribution in [0, 0.1) is 0 Å². The molecule has 2 aromatic carbocycles. The lowest BCUT2D eigenvalue weighted by molar-refractivity contribution is -0.143. The molecule has 3 rings (SSSR count). The van der Waals surface area contributed by atoms with Crippen LogP contribution in [0.25, 0.3) is 0 Å². The van der Waals surface area contributed by atoms with Gasteiger partial charge in [-0.2, -0.15) is 4.98 Å². The highest BCUT2D eigenvalue weighted by Gasteiger charge is 2.65. The maximum Gasteiger partial charge on any atom is 0.354 e. The standard InChI is InChI=1S/C21H20ClF5N4O4S/c1-2-35-18(32)10-11-30-20(33)29-19(31(21(30)34)13-14-6-8-15(22)9-7-14)28-16-4-3-5-17(12-16)36(23,24,25,26)27/h3-9,12H,2,10-11,13H2,1H3,(H,28,29,33). The highest BCUT2D eigenvalue weighted by Crippen LogP contribution is 3.02. The van der Waals surface area contributed by atoms with E-state index >= 15 is 0 Å². The molecule has 0 amide bonds. The van der Waals surface area contributed by atoms with Crippen molar-refractivity contribution in [1.82, 2.24) is 14.1 Å². The van der Waals surface area contributed by atoms with E-state index in [1.807, 2.05) is 0 Å². The molecule has 1 N–H and O–H groups in total. The fourth-order valence-corrected chi connectivity index (χ4v) is 3.92. The van der Waals surface area contributed by atoms with Gasteiger partial charge in [-0.3, -0.25) is 9.36 Å². The number of benzene rings is 2. The Balaban J connectivity index is 2.07. The zero-order chi connectivity index (χ0) is 26.8. The van der Waals surface area contributed by atoms with Gasteiger partial charge >= 0.3 is 27.6 Å². The zero-order valence-electron chi connectivity index (χ0n) is 18.6. The van der Waals surface area contributed by atoms with Crippen molar-refractivity contribution >= 4 is 39.4 Å². The summed E-state index contributed by atoms with van der Waals surface area (Å²) in [6, 6.07) is 8.33. The minimum Gasteiger partial charge on any atom is -0.466 e.